The Morgan fingerprint density at radius 2 is 2.00 bits per heavy atom. The first kappa shape index (κ1) is 11.3. The van der Waals surface area contributed by atoms with Gasteiger partial charge < -0.3 is 15.2 Å². The van der Waals surface area contributed by atoms with E-state index in [0.29, 0.717) is 6.61 Å². The molecule has 3 nitrogen and oxygen atoms in total. The standard InChI is InChI=1S/C13H19NO2/c1-3-16-11-7-4-6-10(15-2)12(11)13(14)8-5-9-13/h4,6-7H,3,5,8-9,14H2,1-2H3. The molecule has 1 fully saturated rings. The molecule has 1 aromatic carbocycles. The average Bonchev–Trinajstić information content (AvgIpc) is 2.26. The van der Waals surface area contributed by atoms with Crippen LogP contribution < -0.4 is 15.2 Å². The summed E-state index contributed by atoms with van der Waals surface area (Å²) < 4.78 is 11.0. The molecule has 1 saturated carbocycles. The van der Waals surface area contributed by atoms with E-state index in [1.54, 1.807) is 7.11 Å². The SMILES string of the molecule is CCOc1cccc(OC)c1C1(N)CCC1. The maximum Gasteiger partial charge on any atom is 0.128 e. The van der Waals surface area contributed by atoms with Crippen molar-refractivity contribution in [2.75, 3.05) is 13.7 Å². The van der Waals surface area contributed by atoms with Crippen molar-refractivity contribution in [3.8, 4) is 11.5 Å². The fourth-order valence-corrected chi connectivity index (χ4v) is 2.26. The van der Waals surface area contributed by atoms with E-state index >= 15 is 0 Å². The number of hydrogen-bond donors (Lipinski definition) is 1. The van der Waals surface area contributed by atoms with Crippen molar-refractivity contribution in [2.45, 2.75) is 31.7 Å². The Kier molecular flexibility index (Phi) is 3.06. The molecule has 0 radical (unpaired) electrons. The Bertz CT molecular complexity index is 372. The number of benzene rings is 1. The van der Waals surface area contributed by atoms with Crippen molar-refractivity contribution in [1.29, 1.82) is 0 Å². The Labute approximate surface area is 96.5 Å². The molecule has 16 heavy (non-hydrogen) atoms. The average molecular weight is 221 g/mol. The van der Waals surface area contributed by atoms with E-state index in [1.165, 1.54) is 6.42 Å². The van der Waals surface area contributed by atoms with E-state index < -0.39 is 0 Å². The van der Waals surface area contributed by atoms with Gasteiger partial charge >= 0.3 is 0 Å². The molecule has 0 amide bonds. The van der Waals surface area contributed by atoms with E-state index in [1.807, 2.05) is 25.1 Å². The second-order valence-electron chi connectivity index (χ2n) is 4.28. The van der Waals surface area contributed by atoms with Crippen LogP contribution in [0.25, 0.3) is 0 Å². The monoisotopic (exact) mass is 221 g/mol. The van der Waals surface area contributed by atoms with E-state index in [-0.39, 0.29) is 5.54 Å². The third-order valence-electron chi connectivity index (χ3n) is 3.25. The molecule has 1 aliphatic rings. The van der Waals surface area contributed by atoms with Gasteiger partial charge in [0.2, 0.25) is 0 Å². The number of rotatable bonds is 4. The third-order valence-corrected chi connectivity index (χ3v) is 3.25. The van der Waals surface area contributed by atoms with Gasteiger partial charge in [-0.25, -0.2) is 0 Å². The molecule has 0 bridgehead atoms. The summed E-state index contributed by atoms with van der Waals surface area (Å²) in [5.74, 6) is 1.71. The van der Waals surface area contributed by atoms with Crippen LogP contribution in [0.5, 0.6) is 11.5 Å². The highest BCUT2D eigenvalue weighted by atomic mass is 16.5. The first-order valence-corrected chi connectivity index (χ1v) is 5.80. The van der Waals surface area contributed by atoms with Gasteiger partial charge in [0, 0.05) is 5.54 Å². The van der Waals surface area contributed by atoms with Crippen LogP contribution >= 0.6 is 0 Å². The Balaban J connectivity index is 2.45. The molecule has 1 aliphatic carbocycles. The third kappa shape index (κ3) is 1.76. The zero-order valence-electron chi connectivity index (χ0n) is 9.95. The van der Waals surface area contributed by atoms with Crippen molar-refractivity contribution < 1.29 is 9.47 Å². The van der Waals surface area contributed by atoms with Gasteiger partial charge in [-0.2, -0.15) is 0 Å². The van der Waals surface area contributed by atoms with Crippen LogP contribution in [0.4, 0.5) is 0 Å². The summed E-state index contributed by atoms with van der Waals surface area (Å²) >= 11 is 0. The van der Waals surface area contributed by atoms with Gasteiger partial charge in [-0.05, 0) is 38.3 Å². The van der Waals surface area contributed by atoms with Crippen LogP contribution in [0.2, 0.25) is 0 Å². The molecule has 0 spiro atoms. The molecule has 0 unspecified atom stereocenters. The predicted molar refractivity (Wildman–Crippen MR) is 63.9 cm³/mol. The molecule has 3 heteroatoms. The summed E-state index contributed by atoms with van der Waals surface area (Å²) in [4.78, 5) is 0. The first-order valence-electron chi connectivity index (χ1n) is 5.80. The second kappa shape index (κ2) is 4.34. The van der Waals surface area contributed by atoms with Crippen LogP contribution in [0.1, 0.15) is 31.7 Å². The minimum atomic E-state index is -0.253. The van der Waals surface area contributed by atoms with Crippen molar-refractivity contribution in [3.05, 3.63) is 23.8 Å². The summed E-state index contributed by atoms with van der Waals surface area (Å²) in [6.45, 7) is 2.63. The molecular formula is C13H19NO2. The van der Waals surface area contributed by atoms with Crippen LogP contribution in [-0.4, -0.2) is 13.7 Å². The Hall–Kier alpha value is -1.22. The van der Waals surface area contributed by atoms with E-state index in [9.17, 15) is 0 Å². The summed E-state index contributed by atoms with van der Waals surface area (Å²) in [6.07, 6.45) is 3.20. The van der Waals surface area contributed by atoms with Gasteiger partial charge in [0.25, 0.3) is 0 Å². The van der Waals surface area contributed by atoms with Crippen LogP contribution in [0.15, 0.2) is 18.2 Å². The van der Waals surface area contributed by atoms with Gasteiger partial charge in [-0.15, -0.1) is 0 Å². The van der Waals surface area contributed by atoms with Gasteiger partial charge in [0.15, 0.2) is 0 Å². The zero-order valence-corrected chi connectivity index (χ0v) is 9.95. The minimum absolute atomic E-state index is 0.253. The van der Waals surface area contributed by atoms with Gasteiger partial charge in [-0.3, -0.25) is 0 Å². The number of hydrogen-bond acceptors (Lipinski definition) is 3. The highest BCUT2D eigenvalue weighted by Gasteiger charge is 2.39. The minimum Gasteiger partial charge on any atom is -0.496 e. The molecule has 0 aromatic heterocycles. The maximum absolute atomic E-state index is 6.37. The van der Waals surface area contributed by atoms with Gasteiger partial charge in [0.1, 0.15) is 11.5 Å². The van der Waals surface area contributed by atoms with E-state index in [0.717, 1.165) is 29.9 Å². The number of ether oxygens (including phenoxy) is 2. The highest BCUT2D eigenvalue weighted by Crippen LogP contribution is 2.46. The van der Waals surface area contributed by atoms with Crippen LogP contribution in [0, 0.1) is 0 Å². The lowest BCUT2D eigenvalue weighted by Gasteiger charge is -2.40. The fourth-order valence-electron chi connectivity index (χ4n) is 2.26. The van der Waals surface area contributed by atoms with Crippen molar-refractivity contribution in [2.24, 2.45) is 5.73 Å². The summed E-state index contributed by atoms with van der Waals surface area (Å²) in [7, 11) is 1.68. The molecule has 0 saturated heterocycles. The molecule has 1 aromatic rings. The number of nitrogens with two attached hydrogens (primary N) is 1. The summed E-state index contributed by atoms with van der Waals surface area (Å²) in [5.41, 5.74) is 7.15. The number of methoxy groups -OCH3 is 1. The normalized spacial score (nSPS) is 17.7. The topological polar surface area (TPSA) is 44.5 Å². The van der Waals surface area contributed by atoms with E-state index in [2.05, 4.69) is 0 Å². The first-order chi connectivity index (χ1) is 7.71. The molecule has 0 atom stereocenters. The molecule has 2 N–H and O–H groups in total. The summed E-state index contributed by atoms with van der Waals surface area (Å²) in [5, 5.41) is 0. The lowest BCUT2D eigenvalue weighted by atomic mass is 9.72. The summed E-state index contributed by atoms with van der Waals surface area (Å²) in [6, 6.07) is 5.86. The van der Waals surface area contributed by atoms with Crippen molar-refractivity contribution in [1.82, 2.24) is 0 Å². The lowest BCUT2D eigenvalue weighted by molar-refractivity contribution is 0.228. The largest absolute Gasteiger partial charge is 0.496 e. The molecule has 0 heterocycles. The molecular weight excluding hydrogens is 202 g/mol. The molecule has 88 valence electrons. The quantitative estimate of drug-likeness (QED) is 0.849. The Morgan fingerprint density at radius 1 is 1.31 bits per heavy atom. The maximum atomic E-state index is 6.37. The fraction of sp³-hybridized carbons (Fsp3) is 0.538. The smallest absolute Gasteiger partial charge is 0.128 e. The van der Waals surface area contributed by atoms with Crippen LogP contribution in [0.3, 0.4) is 0 Å². The highest BCUT2D eigenvalue weighted by molar-refractivity contribution is 5.50. The van der Waals surface area contributed by atoms with Crippen LogP contribution in [-0.2, 0) is 5.54 Å². The molecule has 2 rings (SSSR count). The predicted octanol–water partition coefficient (Wildman–Crippen LogP) is 2.43. The Morgan fingerprint density at radius 3 is 2.50 bits per heavy atom. The van der Waals surface area contributed by atoms with Crippen molar-refractivity contribution >= 4 is 0 Å². The van der Waals surface area contributed by atoms with Crippen molar-refractivity contribution in [3.63, 3.8) is 0 Å². The lowest BCUT2D eigenvalue weighted by Crippen LogP contribution is -2.43. The zero-order chi connectivity index (χ0) is 11.6. The van der Waals surface area contributed by atoms with E-state index in [4.69, 9.17) is 15.2 Å². The second-order valence-corrected chi connectivity index (χ2v) is 4.28. The molecule has 0 aliphatic heterocycles. The van der Waals surface area contributed by atoms with Gasteiger partial charge in [0.05, 0.1) is 19.3 Å². The van der Waals surface area contributed by atoms with Gasteiger partial charge in [-0.1, -0.05) is 6.07 Å².